The smallest absolute Gasteiger partial charge is 0.342 e. The van der Waals surface area contributed by atoms with E-state index in [0.717, 1.165) is 24.0 Å². The van der Waals surface area contributed by atoms with Crippen molar-refractivity contribution in [2.24, 2.45) is 0 Å². The number of phenols is 1. The fourth-order valence-corrected chi connectivity index (χ4v) is 4.89. The third-order valence-corrected chi connectivity index (χ3v) is 7.71. The van der Waals surface area contributed by atoms with Gasteiger partial charge in [0.1, 0.15) is 18.8 Å². The highest BCUT2D eigenvalue weighted by molar-refractivity contribution is 5.70. The van der Waals surface area contributed by atoms with Crippen LogP contribution in [0, 0.1) is 0 Å². The molecule has 0 aliphatic rings. The molecule has 0 saturated heterocycles. The van der Waals surface area contributed by atoms with Gasteiger partial charge in [0, 0.05) is 23.6 Å². The molecule has 0 aliphatic carbocycles. The van der Waals surface area contributed by atoms with Crippen LogP contribution in [0.1, 0.15) is 72.4 Å². The van der Waals surface area contributed by atoms with Gasteiger partial charge in [0.05, 0.1) is 12.2 Å². The van der Waals surface area contributed by atoms with Crippen LogP contribution in [0.5, 0.6) is 11.5 Å². The molecule has 44 heavy (non-hydrogen) atoms. The van der Waals surface area contributed by atoms with Gasteiger partial charge >= 0.3 is 6.41 Å². The maximum Gasteiger partial charge on any atom is 0.342 e. The van der Waals surface area contributed by atoms with Gasteiger partial charge in [-0.3, -0.25) is 0 Å². The number of aromatic nitrogens is 3. The molecule has 1 heterocycles. The summed E-state index contributed by atoms with van der Waals surface area (Å²) in [6.45, 7) is 15.3. The zero-order valence-electron chi connectivity index (χ0n) is 27.0. The van der Waals surface area contributed by atoms with Crippen molar-refractivity contribution in [1.29, 1.82) is 0 Å². The SMILES string of the molecule is CCCC[N+](C=O)(CCO)Oc1ccc(-c2nc(-c3ccc(C(C)(C)C)cc3)nc(-c3ccc(C(C)(C)C)cc3)n2)c(O)c1. The van der Waals surface area contributed by atoms with E-state index in [2.05, 4.69) is 65.8 Å². The number of amides is 1. The predicted octanol–water partition coefficient (Wildman–Crippen LogP) is 7.23. The average molecular weight is 598 g/mol. The second kappa shape index (κ2) is 13.2. The molecule has 8 heteroatoms. The quantitative estimate of drug-likeness (QED) is 0.107. The summed E-state index contributed by atoms with van der Waals surface area (Å²) in [5.41, 5.74) is 4.49. The Morgan fingerprint density at radius 1 is 0.750 bits per heavy atom. The zero-order chi connectivity index (χ0) is 32.1. The topological polar surface area (TPSA) is 105 Å². The van der Waals surface area contributed by atoms with Gasteiger partial charge in [0.2, 0.25) is 0 Å². The lowest BCUT2D eigenvalue weighted by atomic mass is 9.86. The monoisotopic (exact) mass is 597 g/mol. The van der Waals surface area contributed by atoms with Crippen molar-refractivity contribution in [1.82, 2.24) is 15.0 Å². The van der Waals surface area contributed by atoms with Gasteiger partial charge in [-0.05, 0) is 34.1 Å². The van der Waals surface area contributed by atoms with Gasteiger partial charge in [0.15, 0.2) is 23.2 Å². The van der Waals surface area contributed by atoms with E-state index in [0.29, 0.717) is 41.7 Å². The molecule has 3 aromatic carbocycles. The number of unbranched alkanes of at least 4 members (excludes halogenated alkanes) is 1. The fraction of sp³-hybridized carbons (Fsp3) is 0.389. The normalized spacial score (nSPS) is 13.4. The van der Waals surface area contributed by atoms with Crippen LogP contribution < -0.4 is 4.84 Å². The van der Waals surface area contributed by atoms with E-state index in [-0.39, 0.29) is 29.7 Å². The minimum atomic E-state index is -0.391. The summed E-state index contributed by atoms with van der Waals surface area (Å²) in [4.78, 5) is 32.5. The van der Waals surface area contributed by atoms with Crippen LogP contribution in [0.3, 0.4) is 0 Å². The van der Waals surface area contributed by atoms with Crippen LogP contribution >= 0.6 is 0 Å². The van der Waals surface area contributed by atoms with Crippen LogP contribution in [-0.2, 0) is 15.6 Å². The van der Waals surface area contributed by atoms with Crippen molar-refractivity contribution in [3.05, 3.63) is 77.9 Å². The van der Waals surface area contributed by atoms with Gasteiger partial charge in [-0.25, -0.2) is 19.7 Å². The molecule has 0 spiro atoms. The molecule has 0 aliphatic heterocycles. The largest absolute Gasteiger partial charge is 0.507 e. The maximum atomic E-state index is 12.0. The molecule has 1 amide bonds. The number of carbonyl (C=O) groups excluding carboxylic acids is 1. The van der Waals surface area contributed by atoms with E-state index >= 15 is 0 Å². The molecule has 0 saturated carbocycles. The van der Waals surface area contributed by atoms with Gasteiger partial charge < -0.3 is 15.1 Å². The Kier molecular flexibility index (Phi) is 9.86. The molecule has 1 atom stereocenters. The Hall–Kier alpha value is -4.14. The first-order valence-corrected chi connectivity index (χ1v) is 15.2. The van der Waals surface area contributed by atoms with Crippen LogP contribution in [0.15, 0.2) is 66.7 Å². The fourth-order valence-electron chi connectivity index (χ4n) is 4.89. The highest BCUT2D eigenvalue weighted by Gasteiger charge is 2.30. The number of nitrogens with zero attached hydrogens (tertiary/aromatic N) is 4. The highest BCUT2D eigenvalue weighted by atomic mass is 16.7. The molecular formula is C36H45N4O4+. The van der Waals surface area contributed by atoms with Gasteiger partial charge in [-0.2, -0.15) is 0 Å². The van der Waals surface area contributed by atoms with E-state index in [1.807, 2.05) is 31.2 Å². The number of hydrogen-bond acceptors (Lipinski definition) is 7. The first-order chi connectivity index (χ1) is 20.8. The first-order valence-electron chi connectivity index (χ1n) is 15.2. The zero-order valence-corrected chi connectivity index (χ0v) is 27.0. The summed E-state index contributed by atoms with van der Waals surface area (Å²) in [6.07, 6.45) is 2.30. The van der Waals surface area contributed by atoms with Crippen LogP contribution in [0.25, 0.3) is 34.2 Å². The number of phenolic OH excluding ortho intramolecular Hbond substituents is 1. The van der Waals surface area contributed by atoms with Crippen LogP contribution in [0.4, 0.5) is 0 Å². The number of hydrogen-bond donors (Lipinski definition) is 2. The number of aromatic hydroxyl groups is 1. The minimum absolute atomic E-state index is 0.00618. The van der Waals surface area contributed by atoms with E-state index in [1.165, 1.54) is 17.2 Å². The molecular weight excluding hydrogens is 552 g/mol. The highest BCUT2D eigenvalue weighted by Crippen LogP contribution is 2.34. The summed E-state index contributed by atoms with van der Waals surface area (Å²) >= 11 is 0. The van der Waals surface area contributed by atoms with E-state index in [9.17, 15) is 15.0 Å². The number of aliphatic hydroxyl groups excluding tert-OH is 1. The Morgan fingerprint density at radius 3 is 1.66 bits per heavy atom. The van der Waals surface area contributed by atoms with Crippen molar-refractivity contribution in [3.8, 4) is 45.7 Å². The van der Waals surface area contributed by atoms with E-state index in [1.54, 1.807) is 12.1 Å². The number of aliphatic hydroxyl groups is 1. The first kappa shape index (κ1) is 32.8. The average Bonchev–Trinajstić information content (AvgIpc) is 2.99. The Bertz CT molecular complexity index is 1500. The Morgan fingerprint density at radius 2 is 1.25 bits per heavy atom. The number of carbonyl (C=O) groups is 1. The number of rotatable bonds is 11. The molecule has 232 valence electrons. The minimum Gasteiger partial charge on any atom is -0.507 e. The number of benzene rings is 3. The lowest BCUT2D eigenvalue weighted by Gasteiger charge is -2.28. The summed E-state index contributed by atoms with van der Waals surface area (Å²) in [7, 11) is 0. The molecule has 4 aromatic rings. The molecule has 4 rings (SSSR count). The van der Waals surface area contributed by atoms with Gasteiger partial charge in [-0.1, -0.05) is 108 Å². The van der Waals surface area contributed by atoms with Gasteiger partial charge in [-0.15, -0.1) is 0 Å². The Balaban J connectivity index is 1.79. The van der Waals surface area contributed by atoms with Crippen LogP contribution in [0.2, 0.25) is 0 Å². The molecule has 8 nitrogen and oxygen atoms in total. The summed E-state index contributed by atoms with van der Waals surface area (Å²) in [5.74, 6) is 1.49. The predicted molar refractivity (Wildman–Crippen MR) is 174 cm³/mol. The van der Waals surface area contributed by atoms with E-state index in [4.69, 9.17) is 19.8 Å². The van der Waals surface area contributed by atoms with Crippen molar-refractivity contribution in [2.45, 2.75) is 72.1 Å². The van der Waals surface area contributed by atoms with Gasteiger partial charge in [0.25, 0.3) is 0 Å². The molecule has 0 fully saturated rings. The third kappa shape index (κ3) is 7.68. The van der Waals surface area contributed by atoms with Crippen molar-refractivity contribution < 1.29 is 24.5 Å². The second-order valence-electron chi connectivity index (χ2n) is 13.3. The number of quaternary nitrogens is 1. The lowest BCUT2D eigenvalue weighted by molar-refractivity contribution is -1.01. The number of hydroxylamine groups is 3. The standard InChI is InChI=1S/C36H44N4O4/c1-8-9-20-40(24-42,21-22-41)44-29-18-19-30(31(43)23-29)34-38-32(25-10-14-27(15-11-25)35(2,3)4)37-33(39-34)26-12-16-28(17-13-26)36(5,6)7/h10-19,23-24,41H,8-9,20-22H2,1-7H3/p+1. The third-order valence-electron chi connectivity index (χ3n) is 7.71. The molecule has 1 aromatic heterocycles. The summed E-state index contributed by atoms with van der Waals surface area (Å²) in [6, 6.07) is 21.2. The molecule has 0 bridgehead atoms. The lowest BCUT2D eigenvalue weighted by Crippen LogP contribution is -2.52. The van der Waals surface area contributed by atoms with E-state index < -0.39 is 4.65 Å². The van der Waals surface area contributed by atoms with Crippen molar-refractivity contribution in [3.63, 3.8) is 0 Å². The van der Waals surface area contributed by atoms with Crippen molar-refractivity contribution in [2.75, 3.05) is 19.7 Å². The van der Waals surface area contributed by atoms with Crippen molar-refractivity contribution >= 4 is 6.41 Å². The molecule has 1 unspecified atom stereocenters. The molecule has 0 radical (unpaired) electrons. The molecule has 2 N–H and O–H groups in total. The summed E-state index contributed by atoms with van der Waals surface area (Å²) < 4.78 is -0.391. The Labute approximate surface area is 261 Å². The van der Waals surface area contributed by atoms with Crippen LogP contribution in [-0.4, -0.2) is 55.9 Å². The maximum absolute atomic E-state index is 12.0. The summed E-state index contributed by atoms with van der Waals surface area (Å²) in [5, 5.41) is 20.8. The second-order valence-corrected chi connectivity index (χ2v) is 13.3.